The molecule has 66 valence electrons. The number of ether oxygens (including phenoxy) is 1. The van der Waals surface area contributed by atoms with Crippen molar-refractivity contribution in [1.29, 1.82) is 0 Å². The van der Waals surface area contributed by atoms with Gasteiger partial charge in [-0.15, -0.1) is 10.2 Å². The zero-order valence-corrected chi connectivity index (χ0v) is 8.88. The van der Waals surface area contributed by atoms with Crippen LogP contribution in [-0.2, 0) is 4.74 Å². The number of halogens is 1. The molecule has 0 aromatic heterocycles. The van der Waals surface area contributed by atoms with E-state index in [2.05, 4.69) is 26.2 Å². The average Bonchev–Trinajstić information content (AvgIpc) is 2.52. The van der Waals surface area contributed by atoms with Gasteiger partial charge in [0.15, 0.2) is 0 Å². The summed E-state index contributed by atoms with van der Waals surface area (Å²) in [6.45, 7) is 0. The molecule has 0 saturated heterocycles. The summed E-state index contributed by atoms with van der Waals surface area (Å²) >= 11 is 8.10. The van der Waals surface area contributed by atoms with Crippen LogP contribution in [0.1, 0.15) is 11.8 Å². The Hall–Kier alpha value is -0.810. The minimum atomic E-state index is -0.370. The molecular weight excluding hydrogens is 252 g/mol. The summed E-state index contributed by atoms with van der Waals surface area (Å²) in [7, 11) is 0. The van der Waals surface area contributed by atoms with Crippen LogP contribution in [0.2, 0.25) is 0 Å². The molecule has 0 spiro atoms. The van der Waals surface area contributed by atoms with E-state index in [1.54, 1.807) is 0 Å². The van der Waals surface area contributed by atoms with Crippen LogP contribution in [0.25, 0.3) is 0 Å². The fourth-order valence-corrected chi connectivity index (χ4v) is 1.59. The molecule has 0 saturated carbocycles. The Balaban J connectivity index is 2.27. The van der Waals surface area contributed by atoms with Crippen molar-refractivity contribution in [3.8, 4) is 0 Å². The van der Waals surface area contributed by atoms with Crippen LogP contribution in [0.15, 0.2) is 39.0 Å². The zero-order valence-electron chi connectivity index (χ0n) is 6.48. The van der Waals surface area contributed by atoms with Crippen LogP contribution < -0.4 is 0 Å². The third kappa shape index (κ3) is 1.92. The standard InChI is InChI=1S/C8H5BrN2OS/c9-6-3-1-2-5(4-6)7-10-11-8(13)12-7/h1-4,7H. The minimum absolute atomic E-state index is 0.199. The molecule has 0 aliphatic carbocycles. The third-order valence-electron chi connectivity index (χ3n) is 1.59. The molecule has 1 aliphatic rings. The molecule has 0 bridgehead atoms. The first kappa shape index (κ1) is 8.77. The fraction of sp³-hybridized carbons (Fsp3) is 0.125. The Morgan fingerprint density at radius 1 is 1.46 bits per heavy atom. The van der Waals surface area contributed by atoms with Crippen LogP contribution in [0, 0.1) is 0 Å². The predicted octanol–water partition coefficient (Wildman–Crippen LogP) is 3.22. The summed E-state index contributed by atoms with van der Waals surface area (Å²) in [6.07, 6.45) is -0.370. The highest BCUT2D eigenvalue weighted by molar-refractivity contribution is 9.10. The van der Waals surface area contributed by atoms with Crippen LogP contribution >= 0.6 is 28.1 Å². The van der Waals surface area contributed by atoms with Gasteiger partial charge in [-0.1, -0.05) is 28.1 Å². The summed E-state index contributed by atoms with van der Waals surface area (Å²) < 4.78 is 6.17. The molecule has 1 aromatic carbocycles. The second kappa shape index (κ2) is 3.51. The van der Waals surface area contributed by atoms with Crippen molar-refractivity contribution in [2.75, 3.05) is 0 Å². The van der Waals surface area contributed by atoms with E-state index in [1.165, 1.54) is 0 Å². The van der Waals surface area contributed by atoms with Crippen molar-refractivity contribution in [2.45, 2.75) is 6.23 Å². The molecule has 1 aliphatic heterocycles. The SMILES string of the molecule is S=C1N=NC(c2cccc(Br)c2)O1. The maximum absolute atomic E-state index is 5.18. The third-order valence-corrected chi connectivity index (χ3v) is 2.26. The number of thiocarbonyl (C=S) groups is 1. The second-order valence-electron chi connectivity index (χ2n) is 2.51. The molecule has 1 atom stereocenters. The van der Waals surface area contributed by atoms with Gasteiger partial charge in [0.25, 0.3) is 0 Å². The molecule has 5 heteroatoms. The van der Waals surface area contributed by atoms with Gasteiger partial charge in [-0.3, -0.25) is 0 Å². The normalized spacial score (nSPS) is 20.4. The highest BCUT2D eigenvalue weighted by Crippen LogP contribution is 2.26. The molecule has 0 fully saturated rings. The Bertz CT molecular complexity index is 380. The number of azo groups is 1. The monoisotopic (exact) mass is 256 g/mol. The Morgan fingerprint density at radius 3 is 2.92 bits per heavy atom. The van der Waals surface area contributed by atoms with E-state index in [1.807, 2.05) is 24.3 Å². The smallest absolute Gasteiger partial charge is 0.304 e. The van der Waals surface area contributed by atoms with Gasteiger partial charge in [-0.2, -0.15) is 0 Å². The molecule has 1 heterocycles. The number of hydrogen-bond acceptors (Lipinski definition) is 3. The Morgan fingerprint density at radius 2 is 2.31 bits per heavy atom. The number of rotatable bonds is 1. The largest absolute Gasteiger partial charge is 0.436 e. The molecule has 13 heavy (non-hydrogen) atoms. The van der Waals surface area contributed by atoms with Gasteiger partial charge in [-0.05, 0) is 24.4 Å². The van der Waals surface area contributed by atoms with Crippen molar-refractivity contribution >= 4 is 33.3 Å². The number of benzene rings is 1. The molecule has 0 amide bonds. The lowest BCUT2D eigenvalue weighted by molar-refractivity contribution is 0.227. The molecule has 1 unspecified atom stereocenters. The molecule has 1 aromatic rings. The second-order valence-corrected chi connectivity index (χ2v) is 3.77. The van der Waals surface area contributed by atoms with Crippen LogP contribution in [0.4, 0.5) is 0 Å². The van der Waals surface area contributed by atoms with Crippen molar-refractivity contribution in [3.05, 3.63) is 34.3 Å². The molecule has 3 nitrogen and oxygen atoms in total. The van der Waals surface area contributed by atoms with Gasteiger partial charge in [0.05, 0.1) is 0 Å². The van der Waals surface area contributed by atoms with Gasteiger partial charge < -0.3 is 4.74 Å². The summed E-state index contributed by atoms with van der Waals surface area (Å²) in [4.78, 5) is 0. The lowest BCUT2D eigenvalue weighted by Crippen LogP contribution is -1.97. The van der Waals surface area contributed by atoms with E-state index in [9.17, 15) is 0 Å². The number of nitrogens with zero attached hydrogens (tertiary/aromatic N) is 2. The van der Waals surface area contributed by atoms with E-state index < -0.39 is 0 Å². The summed E-state index contributed by atoms with van der Waals surface area (Å²) in [5, 5.41) is 7.71. The van der Waals surface area contributed by atoms with Crippen LogP contribution in [0.5, 0.6) is 0 Å². The van der Waals surface area contributed by atoms with Crippen molar-refractivity contribution in [3.63, 3.8) is 0 Å². The Labute approximate surface area is 88.9 Å². The number of hydrogen-bond donors (Lipinski definition) is 0. The molecule has 2 rings (SSSR count). The Kier molecular flexibility index (Phi) is 2.37. The van der Waals surface area contributed by atoms with E-state index in [0.29, 0.717) is 0 Å². The van der Waals surface area contributed by atoms with Gasteiger partial charge in [0.2, 0.25) is 6.23 Å². The minimum Gasteiger partial charge on any atom is -0.436 e. The summed E-state index contributed by atoms with van der Waals surface area (Å²) in [6, 6.07) is 7.70. The lowest BCUT2D eigenvalue weighted by Gasteiger charge is -2.05. The molecule has 0 N–H and O–H groups in total. The maximum atomic E-state index is 5.18. The maximum Gasteiger partial charge on any atom is 0.304 e. The van der Waals surface area contributed by atoms with E-state index in [0.717, 1.165) is 10.0 Å². The predicted molar refractivity (Wildman–Crippen MR) is 55.4 cm³/mol. The first-order chi connectivity index (χ1) is 6.25. The highest BCUT2D eigenvalue weighted by atomic mass is 79.9. The quantitative estimate of drug-likeness (QED) is 0.724. The average molecular weight is 257 g/mol. The van der Waals surface area contributed by atoms with E-state index in [-0.39, 0.29) is 11.4 Å². The van der Waals surface area contributed by atoms with Crippen molar-refractivity contribution in [2.24, 2.45) is 10.2 Å². The highest BCUT2D eigenvalue weighted by Gasteiger charge is 2.19. The van der Waals surface area contributed by atoms with Crippen LogP contribution in [-0.4, -0.2) is 5.17 Å². The van der Waals surface area contributed by atoms with Gasteiger partial charge in [-0.25, -0.2) is 0 Å². The topological polar surface area (TPSA) is 34.0 Å². The molecular formula is C8H5BrN2OS. The first-order valence-corrected chi connectivity index (χ1v) is 4.83. The molecule has 0 radical (unpaired) electrons. The van der Waals surface area contributed by atoms with Crippen molar-refractivity contribution in [1.82, 2.24) is 0 Å². The van der Waals surface area contributed by atoms with Crippen molar-refractivity contribution < 1.29 is 4.74 Å². The van der Waals surface area contributed by atoms with Crippen LogP contribution in [0.3, 0.4) is 0 Å². The zero-order chi connectivity index (χ0) is 9.26. The van der Waals surface area contributed by atoms with Gasteiger partial charge >= 0.3 is 5.17 Å². The van der Waals surface area contributed by atoms with E-state index in [4.69, 9.17) is 17.0 Å². The van der Waals surface area contributed by atoms with Gasteiger partial charge in [0.1, 0.15) is 0 Å². The summed E-state index contributed by atoms with van der Waals surface area (Å²) in [5.74, 6) is 0. The summed E-state index contributed by atoms with van der Waals surface area (Å²) in [5.41, 5.74) is 0.943. The fourth-order valence-electron chi connectivity index (χ4n) is 1.04. The van der Waals surface area contributed by atoms with E-state index >= 15 is 0 Å². The lowest BCUT2D eigenvalue weighted by atomic mass is 10.2. The van der Waals surface area contributed by atoms with Gasteiger partial charge in [0, 0.05) is 10.0 Å². The first-order valence-electron chi connectivity index (χ1n) is 3.62.